The van der Waals surface area contributed by atoms with E-state index >= 15 is 0 Å². The van der Waals surface area contributed by atoms with Crippen LogP contribution in [-0.4, -0.2) is 43.6 Å². The van der Waals surface area contributed by atoms with Crippen LogP contribution < -0.4 is 22.5 Å². The van der Waals surface area contributed by atoms with Gasteiger partial charge in [-0.25, -0.2) is 4.79 Å². The molecule has 0 saturated carbocycles. The zero-order valence-electron chi connectivity index (χ0n) is 10.7. The van der Waals surface area contributed by atoms with Crippen molar-refractivity contribution in [3.8, 4) is 0 Å². The summed E-state index contributed by atoms with van der Waals surface area (Å²) in [7, 11) is 1.25. The summed E-state index contributed by atoms with van der Waals surface area (Å²) in [5.41, 5.74) is 15.9. The van der Waals surface area contributed by atoms with E-state index in [1.165, 1.54) is 14.0 Å². The normalized spacial score (nSPS) is 13.3. The number of esters is 1. The maximum absolute atomic E-state index is 11.6. The minimum Gasteiger partial charge on any atom is -0.467 e. The highest BCUT2D eigenvalue weighted by Gasteiger charge is 2.19. The fourth-order valence-electron chi connectivity index (χ4n) is 1.21. The third-order valence-corrected chi connectivity index (χ3v) is 2.22. The highest BCUT2D eigenvalue weighted by atomic mass is 16.5. The number of rotatable bonds is 7. The van der Waals surface area contributed by atoms with Crippen LogP contribution in [0.15, 0.2) is 4.99 Å². The maximum Gasteiger partial charge on any atom is 0.328 e. The molecule has 7 N–H and O–H groups in total. The number of nitrogens with zero attached hydrogens (tertiary/aromatic N) is 1. The molecule has 0 bridgehead atoms. The number of ether oxygens (including phenoxy) is 1. The van der Waals surface area contributed by atoms with Crippen molar-refractivity contribution in [2.45, 2.75) is 31.8 Å². The van der Waals surface area contributed by atoms with Gasteiger partial charge in [-0.05, 0) is 19.8 Å². The summed E-state index contributed by atoms with van der Waals surface area (Å²) in [5, 5.41) is 2.46. The summed E-state index contributed by atoms with van der Waals surface area (Å²) >= 11 is 0. The smallest absolute Gasteiger partial charge is 0.328 e. The summed E-state index contributed by atoms with van der Waals surface area (Å²) in [6, 6.07) is -1.42. The molecule has 8 nitrogen and oxygen atoms in total. The lowest BCUT2D eigenvalue weighted by atomic mass is 10.1. The van der Waals surface area contributed by atoms with Crippen LogP contribution in [0.25, 0.3) is 0 Å². The monoisotopic (exact) mass is 259 g/mol. The molecule has 0 fully saturated rings. The molecule has 0 aromatic rings. The topological polar surface area (TPSA) is 146 Å². The zero-order valence-corrected chi connectivity index (χ0v) is 10.7. The van der Waals surface area contributed by atoms with Crippen molar-refractivity contribution in [2.24, 2.45) is 22.2 Å². The lowest BCUT2D eigenvalue weighted by Crippen LogP contribution is -2.47. The molecule has 18 heavy (non-hydrogen) atoms. The molecule has 8 heteroatoms. The second-order valence-corrected chi connectivity index (χ2v) is 3.81. The van der Waals surface area contributed by atoms with Crippen LogP contribution in [0.5, 0.6) is 0 Å². The first-order chi connectivity index (χ1) is 8.38. The zero-order chi connectivity index (χ0) is 14.1. The van der Waals surface area contributed by atoms with Crippen molar-refractivity contribution < 1.29 is 14.3 Å². The van der Waals surface area contributed by atoms with Gasteiger partial charge in [-0.2, -0.15) is 0 Å². The fourth-order valence-corrected chi connectivity index (χ4v) is 1.21. The predicted octanol–water partition coefficient (Wildman–Crippen LogP) is -1.95. The van der Waals surface area contributed by atoms with Gasteiger partial charge in [0.05, 0.1) is 13.2 Å². The molecule has 0 saturated heterocycles. The van der Waals surface area contributed by atoms with Gasteiger partial charge in [0.1, 0.15) is 6.04 Å². The molecule has 0 aliphatic rings. The molecule has 0 aliphatic heterocycles. The molecule has 104 valence electrons. The van der Waals surface area contributed by atoms with Crippen LogP contribution in [0.1, 0.15) is 19.8 Å². The van der Waals surface area contributed by atoms with E-state index in [4.69, 9.17) is 17.2 Å². The van der Waals surface area contributed by atoms with E-state index in [0.29, 0.717) is 19.4 Å². The van der Waals surface area contributed by atoms with Gasteiger partial charge < -0.3 is 27.3 Å². The van der Waals surface area contributed by atoms with E-state index in [1.54, 1.807) is 0 Å². The lowest BCUT2D eigenvalue weighted by Gasteiger charge is -2.15. The third-order valence-electron chi connectivity index (χ3n) is 2.22. The summed E-state index contributed by atoms with van der Waals surface area (Å²) in [5.74, 6) is -0.916. The van der Waals surface area contributed by atoms with Crippen molar-refractivity contribution in [3.05, 3.63) is 0 Å². The van der Waals surface area contributed by atoms with Gasteiger partial charge in [0, 0.05) is 6.54 Å². The van der Waals surface area contributed by atoms with Crippen LogP contribution in [0.2, 0.25) is 0 Å². The largest absolute Gasteiger partial charge is 0.467 e. The van der Waals surface area contributed by atoms with Crippen molar-refractivity contribution in [3.63, 3.8) is 0 Å². The summed E-state index contributed by atoms with van der Waals surface area (Å²) in [6.45, 7) is 1.94. The van der Waals surface area contributed by atoms with Gasteiger partial charge in [-0.15, -0.1) is 0 Å². The number of hydrogen-bond acceptors (Lipinski definition) is 5. The number of carbonyl (C=O) groups excluding carboxylic acids is 2. The second kappa shape index (κ2) is 8.29. The number of hydrogen-bond donors (Lipinski definition) is 4. The van der Waals surface area contributed by atoms with E-state index in [0.717, 1.165) is 0 Å². The number of guanidine groups is 1. The molecule has 0 heterocycles. The number of amides is 1. The molecule has 0 aromatic heterocycles. The Morgan fingerprint density at radius 1 is 1.39 bits per heavy atom. The molecule has 0 aromatic carbocycles. The quantitative estimate of drug-likeness (QED) is 0.181. The van der Waals surface area contributed by atoms with Crippen molar-refractivity contribution in [1.29, 1.82) is 0 Å². The molecular weight excluding hydrogens is 238 g/mol. The predicted molar refractivity (Wildman–Crippen MR) is 67.5 cm³/mol. The minimum absolute atomic E-state index is 0.00679. The van der Waals surface area contributed by atoms with E-state index in [-0.39, 0.29) is 5.96 Å². The van der Waals surface area contributed by atoms with Gasteiger partial charge in [0.15, 0.2) is 5.96 Å². The van der Waals surface area contributed by atoms with Crippen LogP contribution >= 0.6 is 0 Å². The van der Waals surface area contributed by atoms with E-state index in [9.17, 15) is 9.59 Å². The number of nitrogens with one attached hydrogen (secondary N) is 1. The Hall–Kier alpha value is -1.83. The standard InChI is InChI=1S/C10H21N5O3/c1-6(9(17)18-2)15-8(16)7(11)4-3-5-14-10(12)13/h6-7H,3-5,11H2,1-2H3,(H,15,16)(H4,12,13,14)/t6-,7-/m0/s1. The lowest BCUT2D eigenvalue weighted by molar-refractivity contribution is -0.144. The number of carbonyl (C=O) groups is 2. The molecule has 0 aliphatic carbocycles. The Morgan fingerprint density at radius 3 is 2.50 bits per heavy atom. The summed E-state index contributed by atoms with van der Waals surface area (Å²) < 4.78 is 4.48. The van der Waals surface area contributed by atoms with Gasteiger partial charge in [0.2, 0.25) is 5.91 Å². The Bertz CT molecular complexity index is 315. The fraction of sp³-hybridized carbons (Fsp3) is 0.700. The molecule has 0 spiro atoms. The van der Waals surface area contributed by atoms with E-state index in [1.807, 2.05) is 0 Å². The summed E-state index contributed by atoms with van der Waals surface area (Å²) in [6.07, 6.45) is 1.01. The highest BCUT2D eigenvalue weighted by Crippen LogP contribution is 1.96. The molecular formula is C10H21N5O3. The maximum atomic E-state index is 11.6. The molecule has 1 amide bonds. The average Bonchev–Trinajstić information content (AvgIpc) is 2.32. The van der Waals surface area contributed by atoms with E-state index < -0.39 is 24.0 Å². The van der Waals surface area contributed by atoms with Gasteiger partial charge in [-0.3, -0.25) is 9.79 Å². The first kappa shape index (κ1) is 16.2. The van der Waals surface area contributed by atoms with E-state index in [2.05, 4.69) is 15.0 Å². The van der Waals surface area contributed by atoms with Crippen LogP contribution in [-0.2, 0) is 14.3 Å². The van der Waals surface area contributed by atoms with Crippen molar-refractivity contribution in [2.75, 3.05) is 13.7 Å². The van der Waals surface area contributed by atoms with Gasteiger partial charge >= 0.3 is 5.97 Å². The van der Waals surface area contributed by atoms with Crippen molar-refractivity contribution >= 4 is 17.8 Å². The van der Waals surface area contributed by atoms with Crippen LogP contribution in [0, 0.1) is 0 Å². The number of nitrogens with two attached hydrogens (primary N) is 3. The third kappa shape index (κ3) is 6.69. The summed E-state index contributed by atoms with van der Waals surface area (Å²) in [4.78, 5) is 26.4. The Kier molecular flexibility index (Phi) is 7.45. The Balaban J connectivity index is 3.96. The number of aliphatic imine (C=N–C) groups is 1. The molecule has 0 radical (unpaired) electrons. The molecule has 0 unspecified atom stereocenters. The first-order valence-corrected chi connectivity index (χ1v) is 5.57. The minimum atomic E-state index is -0.716. The first-order valence-electron chi connectivity index (χ1n) is 5.57. The highest BCUT2D eigenvalue weighted by molar-refractivity contribution is 5.87. The van der Waals surface area contributed by atoms with Gasteiger partial charge in [0.25, 0.3) is 0 Å². The molecule has 0 rings (SSSR count). The number of methoxy groups -OCH3 is 1. The molecule has 2 atom stereocenters. The Labute approximate surface area is 106 Å². The Morgan fingerprint density at radius 2 is 2.00 bits per heavy atom. The van der Waals surface area contributed by atoms with Crippen LogP contribution in [0.3, 0.4) is 0 Å². The average molecular weight is 259 g/mol. The SMILES string of the molecule is COC(=O)[C@H](C)NC(=O)[C@@H](N)CCCN=C(N)N. The van der Waals surface area contributed by atoms with Gasteiger partial charge in [-0.1, -0.05) is 0 Å². The van der Waals surface area contributed by atoms with Crippen molar-refractivity contribution in [1.82, 2.24) is 5.32 Å². The van der Waals surface area contributed by atoms with Crippen LogP contribution in [0.4, 0.5) is 0 Å². The second-order valence-electron chi connectivity index (χ2n) is 3.81.